The molecule has 5 nitrogen and oxygen atoms in total. The zero-order valence-corrected chi connectivity index (χ0v) is 14.1. The molecule has 2 aromatic carbocycles. The van der Waals surface area contributed by atoms with Crippen LogP contribution in [-0.2, 0) is 14.8 Å². The highest BCUT2D eigenvalue weighted by Crippen LogP contribution is 2.20. The summed E-state index contributed by atoms with van der Waals surface area (Å²) in [6.45, 7) is 3.49. The minimum Gasteiger partial charge on any atom is -0.465 e. The summed E-state index contributed by atoms with van der Waals surface area (Å²) in [6, 6.07) is 13.3. The van der Waals surface area contributed by atoms with E-state index in [1.54, 1.807) is 19.9 Å². The summed E-state index contributed by atoms with van der Waals surface area (Å²) in [4.78, 5) is 11.8. The summed E-state index contributed by atoms with van der Waals surface area (Å²) in [5, 5.41) is 0. The van der Waals surface area contributed by atoms with Crippen LogP contribution < -0.4 is 4.72 Å². The Kier molecular flexibility index (Phi) is 5.18. The number of aryl methyl sites for hydroxylation is 1. The van der Waals surface area contributed by atoms with E-state index in [4.69, 9.17) is 0 Å². The van der Waals surface area contributed by atoms with Gasteiger partial charge in [-0.15, -0.1) is 0 Å². The van der Waals surface area contributed by atoms with Crippen LogP contribution in [0, 0.1) is 6.92 Å². The summed E-state index contributed by atoms with van der Waals surface area (Å²) >= 11 is 0. The maximum atomic E-state index is 12.5. The molecule has 6 heteroatoms. The second-order valence-electron chi connectivity index (χ2n) is 5.22. The Morgan fingerprint density at radius 1 is 1.13 bits per heavy atom. The third kappa shape index (κ3) is 3.97. The molecule has 1 atom stereocenters. The first-order valence-corrected chi connectivity index (χ1v) is 8.59. The summed E-state index contributed by atoms with van der Waals surface area (Å²) in [5.74, 6) is -0.560. The van der Waals surface area contributed by atoms with Gasteiger partial charge in [-0.25, -0.2) is 17.9 Å². The molecule has 0 aliphatic heterocycles. The summed E-state index contributed by atoms with van der Waals surface area (Å²) in [5.41, 5.74) is 1.76. The number of sulfonamides is 1. The van der Waals surface area contributed by atoms with Crippen molar-refractivity contribution in [3.05, 3.63) is 65.2 Å². The number of carbonyl (C=O) groups is 1. The van der Waals surface area contributed by atoms with Crippen molar-refractivity contribution in [1.29, 1.82) is 0 Å². The quantitative estimate of drug-likeness (QED) is 0.854. The Morgan fingerprint density at radius 3 is 2.39 bits per heavy atom. The van der Waals surface area contributed by atoms with E-state index in [1.807, 2.05) is 30.3 Å². The van der Waals surface area contributed by atoms with Crippen LogP contribution in [0.15, 0.2) is 53.4 Å². The number of benzene rings is 2. The lowest BCUT2D eigenvalue weighted by Gasteiger charge is -2.15. The van der Waals surface area contributed by atoms with E-state index >= 15 is 0 Å². The van der Waals surface area contributed by atoms with Gasteiger partial charge in [-0.1, -0.05) is 36.4 Å². The van der Waals surface area contributed by atoms with Crippen LogP contribution in [-0.4, -0.2) is 21.5 Å². The Bertz CT molecular complexity index is 801. The standard InChI is InChI=1S/C17H19NO4S/c1-12-9-10-15(11-16(12)17(19)22-3)23(20,21)18-13(2)14-7-5-4-6-8-14/h4-11,13,18H,1-3H3/t13-/m0/s1. The number of nitrogens with one attached hydrogen (secondary N) is 1. The molecular formula is C17H19NO4S. The van der Waals surface area contributed by atoms with Crippen molar-refractivity contribution in [2.24, 2.45) is 0 Å². The zero-order valence-electron chi connectivity index (χ0n) is 13.2. The first kappa shape index (κ1) is 17.2. The molecule has 0 unspecified atom stereocenters. The molecule has 0 saturated carbocycles. The van der Waals surface area contributed by atoms with Crippen LogP contribution in [0.2, 0.25) is 0 Å². The van der Waals surface area contributed by atoms with E-state index in [-0.39, 0.29) is 16.5 Å². The van der Waals surface area contributed by atoms with Crippen molar-refractivity contribution in [3.8, 4) is 0 Å². The summed E-state index contributed by atoms with van der Waals surface area (Å²) in [7, 11) is -2.48. The van der Waals surface area contributed by atoms with Crippen LogP contribution in [0.5, 0.6) is 0 Å². The number of ether oxygens (including phenoxy) is 1. The van der Waals surface area contributed by atoms with Gasteiger partial charge in [-0.05, 0) is 37.1 Å². The highest BCUT2D eigenvalue weighted by molar-refractivity contribution is 7.89. The summed E-state index contributed by atoms with van der Waals surface area (Å²) < 4.78 is 32.3. The molecule has 122 valence electrons. The molecule has 2 aromatic rings. The largest absolute Gasteiger partial charge is 0.465 e. The van der Waals surface area contributed by atoms with Crippen LogP contribution >= 0.6 is 0 Å². The Balaban J connectivity index is 2.31. The third-order valence-corrected chi connectivity index (χ3v) is 5.09. The highest BCUT2D eigenvalue weighted by atomic mass is 32.2. The van der Waals surface area contributed by atoms with E-state index in [0.717, 1.165) is 5.56 Å². The predicted octanol–water partition coefficient (Wildman–Crippen LogP) is 2.82. The average molecular weight is 333 g/mol. The second-order valence-corrected chi connectivity index (χ2v) is 6.94. The third-order valence-electron chi connectivity index (χ3n) is 3.56. The molecular weight excluding hydrogens is 314 g/mol. The molecule has 23 heavy (non-hydrogen) atoms. The molecule has 0 saturated heterocycles. The number of rotatable bonds is 5. The SMILES string of the molecule is COC(=O)c1cc(S(=O)(=O)N[C@@H](C)c2ccccc2)ccc1C. The molecule has 0 bridgehead atoms. The van der Waals surface area contributed by atoms with Crippen LogP contribution in [0.3, 0.4) is 0 Å². The van der Waals surface area contributed by atoms with E-state index in [9.17, 15) is 13.2 Å². The van der Waals surface area contributed by atoms with Gasteiger partial charge in [0.25, 0.3) is 0 Å². The maximum Gasteiger partial charge on any atom is 0.338 e. The second kappa shape index (κ2) is 6.93. The molecule has 0 amide bonds. The lowest BCUT2D eigenvalue weighted by Crippen LogP contribution is -2.27. The maximum absolute atomic E-state index is 12.5. The lowest BCUT2D eigenvalue weighted by molar-refractivity contribution is 0.0599. The van der Waals surface area contributed by atoms with Crippen molar-refractivity contribution in [1.82, 2.24) is 4.72 Å². The number of hydrogen-bond acceptors (Lipinski definition) is 4. The summed E-state index contributed by atoms with van der Waals surface area (Å²) in [6.07, 6.45) is 0. The number of methoxy groups -OCH3 is 1. The van der Waals surface area contributed by atoms with Crippen molar-refractivity contribution in [2.75, 3.05) is 7.11 Å². The van der Waals surface area contributed by atoms with E-state index in [0.29, 0.717) is 5.56 Å². The van der Waals surface area contributed by atoms with Crippen LogP contribution in [0.4, 0.5) is 0 Å². The monoisotopic (exact) mass is 333 g/mol. The fourth-order valence-corrected chi connectivity index (χ4v) is 3.47. The first-order valence-electron chi connectivity index (χ1n) is 7.11. The predicted molar refractivity (Wildman–Crippen MR) is 87.7 cm³/mol. The van der Waals surface area contributed by atoms with E-state index in [2.05, 4.69) is 9.46 Å². The molecule has 0 spiro atoms. The number of carbonyl (C=O) groups excluding carboxylic acids is 1. The molecule has 0 aliphatic rings. The van der Waals surface area contributed by atoms with Gasteiger partial charge in [0.2, 0.25) is 10.0 Å². The highest BCUT2D eigenvalue weighted by Gasteiger charge is 2.21. The fraction of sp³-hybridized carbons (Fsp3) is 0.235. The Labute approximate surface area is 136 Å². The normalized spacial score (nSPS) is 12.7. The van der Waals surface area contributed by atoms with Gasteiger partial charge in [0.1, 0.15) is 0 Å². The van der Waals surface area contributed by atoms with Gasteiger partial charge < -0.3 is 4.74 Å². The molecule has 0 aromatic heterocycles. The topological polar surface area (TPSA) is 72.5 Å². The Hall–Kier alpha value is -2.18. The van der Waals surface area contributed by atoms with Gasteiger partial charge in [-0.3, -0.25) is 0 Å². The fourth-order valence-electron chi connectivity index (χ4n) is 2.21. The first-order chi connectivity index (χ1) is 10.8. The average Bonchev–Trinajstić information content (AvgIpc) is 2.54. The smallest absolute Gasteiger partial charge is 0.338 e. The van der Waals surface area contributed by atoms with Crippen molar-refractivity contribution >= 4 is 16.0 Å². The molecule has 0 fully saturated rings. The van der Waals surface area contributed by atoms with Gasteiger partial charge in [-0.2, -0.15) is 0 Å². The van der Waals surface area contributed by atoms with Gasteiger partial charge in [0, 0.05) is 6.04 Å². The van der Waals surface area contributed by atoms with E-state index in [1.165, 1.54) is 19.2 Å². The molecule has 0 heterocycles. The zero-order chi connectivity index (χ0) is 17.0. The van der Waals surface area contributed by atoms with Crippen molar-refractivity contribution in [3.63, 3.8) is 0 Å². The minimum absolute atomic E-state index is 0.0336. The van der Waals surface area contributed by atoms with Gasteiger partial charge in [0.05, 0.1) is 17.6 Å². The van der Waals surface area contributed by atoms with Crippen molar-refractivity contribution < 1.29 is 17.9 Å². The Morgan fingerprint density at radius 2 is 1.78 bits per heavy atom. The van der Waals surface area contributed by atoms with Crippen LogP contribution in [0.1, 0.15) is 34.5 Å². The molecule has 0 aliphatic carbocycles. The molecule has 2 rings (SSSR count). The van der Waals surface area contributed by atoms with E-state index < -0.39 is 16.0 Å². The molecule has 1 N–H and O–H groups in total. The number of esters is 1. The van der Waals surface area contributed by atoms with Crippen LogP contribution in [0.25, 0.3) is 0 Å². The lowest BCUT2D eigenvalue weighted by atomic mass is 10.1. The number of hydrogen-bond donors (Lipinski definition) is 1. The van der Waals surface area contributed by atoms with Gasteiger partial charge in [0.15, 0.2) is 0 Å². The molecule has 0 radical (unpaired) electrons. The minimum atomic E-state index is -3.75. The van der Waals surface area contributed by atoms with Crippen molar-refractivity contribution in [2.45, 2.75) is 24.8 Å². The van der Waals surface area contributed by atoms with Gasteiger partial charge >= 0.3 is 5.97 Å².